The molecule has 0 aliphatic carbocycles. The molecule has 0 saturated carbocycles. The highest BCUT2D eigenvalue weighted by Gasteiger charge is 2.29. The fraction of sp³-hybridized carbons (Fsp3) is 0.167. The topological polar surface area (TPSA) is 29.1 Å². The Morgan fingerprint density at radius 2 is 1.70 bits per heavy atom. The largest absolute Gasteiger partial charge is 0.416 e. The van der Waals surface area contributed by atoms with E-state index in [4.69, 9.17) is 0 Å². The number of benzene rings is 2. The van der Waals surface area contributed by atoms with E-state index in [0.717, 1.165) is 23.3 Å². The summed E-state index contributed by atoms with van der Waals surface area (Å²) < 4.78 is 37.4. The molecule has 0 aromatic heterocycles. The van der Waals surface area contributed by atoms with Crippen LogP contribution in [0.2, 0.25) is 0 Å². The highest BCUT2D eigenvalue weighted by atomic mass is 19.4. The van der Waals surface area contributed by atoms with Crippen LogP contribution in [-0.4, -0.2) is 5.91 Å². The lowest BCUT2D eigenvalue weighted by Crippen LogP contribution is -2.09. The number of hydrogen-bond donors (Lipinski definition) is 1. The second-order valence-electron chi connectivity index (χ2n) is 5.26. The average molecular weight is 319 g/mol. The highest BCUT2D eigenvalue weighted by Crippen LogP contribution is 2.29. The standard InChI is InChI=1S/C18H16F3NO/c1-12-3-4-13(2)16(11-12)22-17(23)10-7-14-5-8-15(9-6-14)18(19,20)21/h3-11H,1-2H3,(H,22,23)/b10-7+. The van der Waals surface area contributed by atoms with Crippen molar-refractivity contribution in [2.45, 2.75) is 20.0 Å². The van der Waals surface area contributed by atoms with Gasteiger partial charge in [0.1, 0.15) is 0 Å². The number of rotatable bonds is 3. The van der Waals surface area contributed by atoms with Crippen molar-refractivity contribution in [2.75, 3.05) is 5.32 Å². The van der Waals surface area contributed by atoms with E-state index in [1.165, 1.54) is 24.3 Å². The van der Waals surface area contributed by atoms with Crippen LogP contribution in [0.3, 0.4) is 0 Å². The zero-order valence-electron chi connectivity index (χ0n) is 12.7. The molecular weight excluding hydrogens is 303 g/mol. The summed E-state index contributed by atoms with van der Waals surface area (Å²) in [5, 5.41) is 2.75. The summed E-state index contributed by atoms with van der Waals surface area (Å²) in [6, 6.07) is 10.3. The monoisotopic (exact) mass is 319 g/mol. The van der Waals surface area contributed by atoms with Gasteiger partial charge in [0, 0.05) is 11.8 Å². The lowest BCUT2D eigenvalue weighted by molar-refractivity contribution is -0.137. The zero-order chi connectivity index (χ0) is 17.0. The second-order valence-corrected chi connectivity index (χ2v) is 5.26. The maximum Gasteiger partial charge on any atom is 0.416 e. The quantitative estimate of drug-likeness (QED) is 0.795. The molecule has 0 fully saturated rings. The van der Waals surface area contributed by atoms with Crippen molar-refractivity contribution in [1.29, 1.82) is 0 Å². The first-order chi connectivity index (χ1) is 10.8. The molecule has 2 nitrogen and oxygen atoms in total. The molecule has 2 aromatic rings. The number of carbonyl (C=O) groups is 1. The normalized spacial score (nSPS) is 11.7. The number of anilines is 1. The molecule has 0 unspecified atom stereocenters. The van der Waals surface area contributed by atoms with Crippen molar-refractivity contribution < 1.29 is 18.0 Å². The van der Waals surface area contributed by atoms with Gasteiger partial charge in [0.15, 0.2) is 0 Å². The van der Waals surface area contributed by atoms with Crippen molar-refractivity contribution in [3.8, 4) is 0 Å². The van der Waals surface area contributed by atoms with E-state index in [9.17, 15) is 18.0 Å². The Balaban J connectivity index is 2.05. The van der Waals surface area contributed by atoms with Gasteiger partial charge in [-0.1, -0.05) is 24.3 Å². The summed E-state index contributed by atoms with van der Waals surface area (Å²) in [7, 11) is 0. The Kier molecular flexibility index (Phi) is 4.89. The number of aryl methyl sites for hydroxylation is 2. The van der Waals surface area contributed by atoms with Gasteiger partial charge in [-0.25, -0.2) is 0 Å². The van der Waals surface area contributed by atoms with Crippen molar-refractivity contribution in [1.82, 2.24) is 0 Å². The van der Waals surface area contributed by atoms with Crippen molar-refractivity contribution in [2.24, 2.45) is 0 Å². The van der Waals surface area contributed by atoms with Crippen molar-refractivity contribution in [3.63, 3.8) is 0 Å². The Hall–Kier alpha value is -2.56. The lowest BCUT2D eigenvalue weighted by Gasteiger charge is -2.07. The van der Waals surface area contributed by atoms with Gasteiger partial charge < -0.3 is 5.32 Å². The predicted molar refractivity (Wildman–Crippen MR) is 85.0 cm³/mol. The van der Waals surface area contributed by atoms with Crippen LogP contribution in [0, 0.1) is 13.8 Å². The third kappa shape index (κ3) is 4.71. The first kappa shape index (κ1) is 16.8. The maximum atomic E-state index is 12.5. The molecule has 0 saturated heterocycles. The van der Waals surface area contributed by atoms with Gasteiger partial charge in [-0.05, 0) is 54.8 Å². The molecule has 0 atom stereocenters. The minimum Gasteiger partial charge on any atom is -0.322 e. The van der Waals surface area contributed by atoms with Crippen LogP contribution in [0.1, 0.15) is 22.3 Å². The molecule has 2 rings (SSSR count). The van der Waals surface area contributed by atoms with Crippen LogP contribution in [0.25, 0.3) is 6.08 Å². The van der Waals surface area contributed by atoms with Crippen LogP contribution in [-0.2, 0) is 11.0 Å². The molecule has 23 heavy (non-hydrogen) atoms. The van der Waals surface area contributed by atoms with E-state index in [1.54, 1.807) is 0 Å². The zero-order valence-corrected chi connectivity index (χ0v) is 12.7. The van der Waals surface area contributed by atoms with Gasteiger partial charge in [-0.2, -0.15) is 13.2 Å². The molecule has 1 amide bonds. The minimum absolute atomic E-state index is 0.335. The number of carbonyl (C=O) groups excluding carboxylic acids is 1. The molecule has 0 aliphatic heterocycles. The summed E-state index contributed by atoms with van der Waals surface area (Å²) in [6.07, 6.45) is -1.59. The van der Waals surface area contributed by atoms with E-state index in [0.29, 0.717) is 11.3 Å². The van der Waals surface area contributed by atoms with E-state index in [2.05, 4.69) is 5.32 Å². The Morgan fingerprint density at radius 3 is 2.30 bits per heavy atom. The summed E-state index contributed by atoms with van der Waals surface area (Å²) in [4.78, 5) is 11.9. The summed E-state index contributed by atoms with van der Waals surface area (Å²) in [6.45, 7) is 3.81. The second kappa shape index (κ2) is 6.69. The predicted octanol–water partition coefficient (Wildman–Crippen LogP) is 4.97. The van der Waals surface area contributed by atoms with E-state index < -0.39 is 11.7 Å². The fourth-order valence-corrected chi connectivity index (χ4v) is 2.00. The number of hydrogen-bond acceptors (Lipinski definition) is 1. The molecule has 5 heteroatoms. The Labute approximate surface area is 132 Å². The molecular formula is C18H16F3NO. The fourth-order valence-electron chi connectivity index (χ4n) is 2.00. The number of nitrogens with one attached hydrogen (secondary N) is 1. The molecule has 0 bridgehead atoms. The van der Waals surface area contributed by atoms with E-state index in [1.807, 2.05) is 32.0 Å². The molecule has 2 aromatic carbocycles. The molecule has 0 spiro atoms. The average Bonchev–Trinajstić information content (AvgIpc) is 2.48. The van der Waals surface area contributed by atoms with Gasteiger partial charge in [0.2, 0.25) is 5.91 Å². The molecule has 0 radical (unpaired) electrons. The van der Waals surface area contributed by atoms with Gasteiger partial charge in [0.25, 0.3) is 0 Å². The number of amides is 1. The van der Waals surface area contributed by atoms with Crippen LogP contribution in [0.15, 0.2) is 48.5 Å². The van der Waals surface area contributed by atoms with Gasteiger partial charge in [-0.15, -0.1) is 0 Å². The van der Waals surface area contributed by atoms with E-state index in [-0.39, 0.29) is 5.91 Å². The Morgan fingerprint density at radius 1 is 1.04 bits per heavy atom. The summed E-state index contributed by atoms with van der Waals surface area (Å²) >= 11 is 0. The minimum atomic E-state index is -4.36. The molecule has 0 aliphatic rings. The summed E-state index contributed by atoms with van der Waals surface area (Å²) in [5.74, 6) is -0.335. The van der Waals surface area contributed by atoms with Gasteiger partial charge in [-0.3, -0.25) is 4.79 Å². The maximum absolute atomic E-state index is 12.5. The third-order valence-corrected chi connectivity index (χ3v) is 3.32. The van der Waals surface area contributed by atoms with Crippen molar-refractivity contribution in [3.05, 3.63) is 70.8 Å². The van der Waals surface area contributed by atoms with Crippen LogP contribution < -0.4 is 5.32 Å². The number of alkyl halides is 3. The molecule has 1 N–H and O–H groups in total. The third-order valence-electron chi connectivity index (χ3n) is 3.32. The SMILES string of the molecule is Cc1ccc(C)c(NC(=O)/C=C/c2ccc(C(F)(F)F)cc2)c1. The first-order valence-electron chi connectivity index (χ1n) is 6.99. The Bertz CT molecular complexity index is 731. The van der Waals surface area contributed by atoms with Crippen LogP contribution in [0.5, 0.6) is 0 Å². The molecule has 120 valence electrons. The highest BCUT2D eigenvalue weighted by molar-refractivity contribution is 6.02. The molecule has 0 heterocycles. The van der Waals surface area contributed by atoms with Crippen LogP contribution >= 0.6 is 0 Å². The lowest BCUT2D eigenvalue weighted by atomic mass is 10.1. The smallest absolute Gasteiger partial charge is 0.322 e. The summed E-state index contributed by atoms with van der Waals surface area (Å²) in [5.41, 5.74) is 2.49. The number of halogens is 3. The van der Waals surface area contributed by atoms with Crippen LogP contribution in [0.4, 0.5) is 18.9 Å². The first-order valence-corrected chi connectivity index (χ1v) is 6.99. The van der Waals surface area contributed by atoms with Crippen molar-refractivity contribution >= 4 is 17.7 Å². The van der Waals surface area contributed by atoms with Gasteiger partial charge >= 0.3 is 6.18 Å². The van der Waals surface area contributed by atoms with Gasteiger partial charge in [0.05, 0.1) is 5.56 Å². The van der Waals surface area contributed by atoms with E-state index >= 15 is 0 Å².